The predicted octanol–water partition coefficient (Wildman–Crippen LogP) is 3.36. The van der Waals surface area contributed by atoms with Crippen LogP contribution < -0.4 is 5.32 Å². The van der Waals surface area contributed by atoms with E-state index in [1.54, 1.807) is 6.34 Å². The molecule has 1 unspecified atom stereocenters. The fourth-order valence-electron chi connectivity index (χ4n) is 1.88. The van der Waals surface area contributed by atoms with Crippen molar-refractivity contribution in [1.82, 2.24) is 5.32 Å². The minimum Gasteiger partial charge on any atom is -0.350 e. The average molecular weight is 216 g/mol. The first kappa shape index (κ1) is 12.5. The van der Waals surface area contributed by atoms with Crippen molar-refractivity contribution in [2.45, 2.75) is 33.2 Å². The SMILES string of the molecule is C=C/C=C(\C=C/C)C1=C(CC)NC=NC1C. The zero-order valence-corrected chi connectivity index (χ0v) is 10.3. The number of hydrogen-bond donors (Lipinski definition) is 1. The lowest BCUT2D eigenvalue weighted by Gasteiger charge is -2.22. The van der Waals surface area contributed by atoms with Gasteiger partial charge >= 0.3 is 0 Å². The molecule has 0 saturated carbocycles. The highest BCUT2D eigenvalue weighted by Crippen LogP contribution is 2.24. The Labute approximate surface area is 98.2 Å². The standard InChI is InChI=1S/C14H20N2/c1-5-8-12(9-6-2)14-11(4)15-10-16-13(14)7-3/h5-6,8-11H,1,7H2,2-4H3,(H,15,16)/b9-6-,12-8+. The summed E-state index contributed by atoms with van der Waals surface area (Å²) in [5.41, 5.74) is 3.70. The lowest BCUT2D eigenvalue weighted by molar-refractivity contribution is 0.794. The van der Waals surface area contributed by atoms with Crippen molar-refractivity contribution in [2.24, 2.45) is 4.99 Å². The monoisotopic (exact) mass is 216 g/mol. The Morgan fingerprint density at radius 3 is 2.94 bits per heavy atom. The van der Waals surface area contributed by atoms with Crippen molar-refractivity contribution in [3.8, 4) is 0 Å². The van der Waals surface area contributed by atoms with Gasteiger partial charge in [0.25, 0.3) is 0 Å². The highest BCUT2D eigenvalue weighted by atomic mass is 15.0. The Kier molecular flexibility index (Phi) is 4.77. The minimum absolute atomic E-state index is 0.207. The van der Waals surface area contributed by atoms with Gasteiger partial charge in [-0.3, -0.25) is 4.99 Å². The van der Waals surface area contributed by atoms with Gasteiger partial charge in [0.05, 0.1) is 12.4 Å². The second-order valence-electron chi connectivity index (χ2n) is 3.70. The molecule has 1 N–H and O–H groups in total. The zero-order chi connectivity index (χ0) is 12.0. The molecule has 2 nitrogen and oxygen atoms in total. The highest BCUT2D eigenvalue weighted by molar-refractivity contribution is 5.64. The van der Waals surface area contributed by atoms with Crippen LogP contribution in [-0.4, -0.2) is 12.4 Å². The van der Waals surface area contributed by atoms with E-state index < -0.39 is 0 Å². The summed E-state index contributed by atoms with van der Waals surface area (Å²) < 4.78 is 0. The normalized spacial score (nSPS) is 21.4. The molecule has 0 radical (unpaired) electrons. The summed E-state index contributed by atoms with van der Waals surface area (Å²) in [6.07, 6.45) is 10.8. The molecule has 86 valence electrons. The molecule has 1 rings (SSSR count). The first-order chi connectivity index (χ1) is 7.74. The summed E-state index contributed by atoms with van der Waals surface area (Å²) in [7, 11) is 0. The molecule has 2 heteroatoms. The highest BCUT2D eigenvalue weighted by Gasteiger charge is 2.17. The lowest BCUT2D eigenvalue weighted by Crippen LogP contribution is -2.24. The first-order valence-corrected chi connectivity index (χ1v) is 5.71. The smallest absolute Gasteiger partial charge is 0.0873 e. The molecule has 0 aromatic carbocycles. The van der Waals surface area contributed by atoms with Gasteiger partial charge in [0.1, 0.15) is 0 Å². The zero-order valence-electron chi connectivity index (χ0n) is 10.3. The summed E-state index contributed by atoms with van der Waals surface area (Å²) in [5, 5.41) is 3.23. The van der Waals surface area contributed by atoms with Gasteiger partial charge in [-0.2, -0.15) is 0 Å². The molecule has 1 heterocycles. The maximum atomic E-state index is 4.39. The second-order valence-corrected chi connectivity index (χ2v) is 3.70. The summed E-state index contributed by atoms with van der Waals surface area (Å²) in [6, 6.07) is 0.207. The van der Waals surface area contributed by atoms with Crippen LogP contribution in [0.3, 0.4) is 0 Å². The van der Waals surface area contributed by atoms with E-state index in [1.807, 2.05) is 25.2 Å². The van der Waals surface area contributed by atoms with Crippen LogP contribution in [0.15, 0.2) is 52.7 Å². The molecular formula is C14H20N2. The van der Waals surface area contributed by atoms with Crippen LogP contribution in [-0.2, 0) is 0 Å². The number of hydrogen-bond acceptors (Lipinski definition) is 2. The van der Waals surface area contributed by atoms with Gasteiger partial charge in [-0.1, -0.05) is 37.8 Å². The van der Waals surface area contributed by atoms with Crippen molar-refractivity contribution < 1.29 is 0 Å². The number of nitrogens with zero attached hydrogens (tertiary/aromatic N) is 1. The molecule has 1 aliphatic heterocycles. The lowest BCUT2D eigenvalue weighted by atomic mass is 9.94. The van der Waals surface area contributed by atoms with Crippen molar-refractivity contribution in [2.75, 3.05) is 0 Å². The molecule has 0 spiro atoms. The Balaban J connectivity index is 3.18. The van der Waals surface area contributed by atoms with E-state index in [0.717, 1.165) is 6.42 Å². The van der Waals surface area contributed by atoms with Crippen molar-refractivity contribution in [1.29, 1.82) is 0 Å². The molecule has 0 bridgehead atoms. The van der Waals surface area contributed by atoms with Crippen LogP contribution in [0.2, 0.25) is 0 Å². The van der Waals surface area contributed by atoms with Gasteiger partial charge in [0.2, 0.25) is 0 Å². The van der Waals surface area contributed by atoms with Crippen molar-refractivity contribution in [3.05, 3.63) is 47.7 Å². The van der Waals surface area contributed by atoms with E-state index in [-0.39, 0.29) is 6.04 Å². The third-order valence-corrected chi connectivity index (χ3v) is 2.59. The average Bonchev–Trinajstić information content (AvgIpc) is 2.28. The van der Waals surface area contributed by atoms with Crippen LogP contribution in [0, 0.1) is 0 Å². The Bertz CT molecular complexity index is 370. The molecule has 1 aliphatic rings. The van der Waals surface area contributed by atoms with Crippen LogP contribution in [0.4, 0.5) is 0 Å². The fraction of sp³-hybridized carbons (Fsp3) is 0.357. The quantitative estimate of drug-likeness (QED) is 0.716. The third-order valence-electron chi connectivity index (χ3n) is 2.59. The molecule has 0 saturated heterocycles. The topological polar surface area (TPSA) is 24.4 Å². The molecule has 0 aromatic rings. The van der Waals surface area contributed by atoms with E-state index in [4.69, 9.17) is 0 Å². The van der Waals surface area contributed by atoms with Crippen LogP contribution in [0.25, 0.3) is 0 Å². The Hall–Kier alpha value is -1.57. The maximum Gasteiger partial charge on any atom is 0.0873 e. The number of aliphatic imine (C=N–C) groups is 1. The van der Waals surface area contributed by atoms with Crippen LogP contribution >= 0.6 is 0 Å². The van der Waals surface area contributed by atoms with E-state index in [9.17, 15) is 0 Å². The molecule has 1 atom stereocenters. The second kappa shape index (κ2) is 6.11. The molecular weight excluding hydrogens is 196 g/mol. The van der Waals surface area contributed by atoms with Gasteiger partial charge in [-0.15, -0.1) is 0 Å². The van der Waals surface area contributed by atoms with Crippen LogP contribution in [0.5, 0.6) is 0 Å². The molecule has 16 heavy (non-hydrogen) atoms. The third kappa shape index (κ3) is 2.72. The maximum absolute atomic E-state index is 4.39. The number of rotatable bonds is 4. The Morgan fingerprint density at radius 2 is 2.38 bits per heavy atom. The van der Waals surface area contributed by atoms with E-state index in [2.05, 4.69) is 36.8 Å². The summed E-state index contributed by atoms with van der Waals surface area (Å²) in [4.78, 5) is 4.39. The van der Waals surface area contributed by atoms with Gasteiger partial charge in [-0.25, -0.2) is 0 Å². The van der Waals surface area contributed by atoms with Crippen molar-refractivity contribution >= 4 is 6.34 Å². The molecule has 0 fully saturated rings. The molecule has 0 aromatic heterocycles. The van der Waals surface area contributed by atoms with Gasteiger partial charge in [-0.05, 0) is 25.8 Å². The Morgan fingerprint density at radius 1 is 1.62 bits per heavy atom. The van der Waals surface area contributed by atoms with Gasteiger partial charge in [0.15, 0.2) is 0 Å². The predicted molar refractivity (Wildman–Crippen MR) is 71.5 cm³/mol. The molecule has 0 aliphatic carbocycles. The van der Waals surface area contributed by atoms with E-state index in [0.29, 0.717) is 0 Å². The number of allylic oxidation sites excluding steroid dienone is 5. The minimum atomic E-state index is 0.207. The summed E-state index contributed by atoms with van der Waals surface area (Å²) in [5.74, 6) is 0. The summed E-state index contributed by atoms with van der Waals surface area (Å²) in [6.45, 7) is 10.0. The van der Waals surface area contributed by atoms with Crippen LogP contribution in [0.1, 0.15) is 27.2 Å². The number of nitrogens with one attached hydrogen (secondary N) is 1. The van der Waals surface area contributed by atoms with Gasteiger partial charge in [0, 0.05) is 11.3 Å². The van der Waals surface area contributed by atoms with Crippen molar-refractivity contribution in [3.63, 3.8) is 0 Å². The van der Waals surface area contributed by atoms with Gasteiger partial charge < -0.3 is 5.32 Å². The van der Waals surface area contributed by atoms with E-state index >= 15 is 0 Å². The largest absolute Gasteiger partial charge is 0.350 e. The fourth-order valence-corrected chi connectivity index (χ4v) is 1.88. The molecule has 0 amide bonds. The van der Waals surface area contributed by atoms with E-state index in [1.165, 1.54) is 16.8 Å². The summed E-state index contributed by atoms with van der Waals surface area (Å²) >= 11 is 0. The first-order valence-electron chi connectivity index (χ1n) is 5.71.